The lowest BCUT2D eigenvalue weighted by Crippen LogP contribution is -2.07. The molecule has 0 unspecified atom stereocenters. The Morgan fingerprint density at radius 1 is 1.09 bits per heavy atom. The topological polar surface area (TPSA) is 99.9 Å². The molecular weight excluding hydrogens is 433 g/mol. The number of nitrogens with zero attached hydrogens (tertiary/aromatic N) is 5. The molecular formula is C22H20FN5O3S. The summed E-state index contributed by atoms with van der Waals surface area (Å²) in [5.41, 5.74) is 2.42. The van der Waals surface area contributed by atoms with E-state index >= 15 is 0 Å². The molecule has 0 saturated carbocycles. The van der Waals surface area contributed by atoms with E-state index in [4.69, 9.17) is 4.42 Å². The minimum Gasteiger partial charge on any atom is -0.420 e. The third-order valence-corrected chi connectivity index (χ3v) is 5.60. The van der Waals surface area contributed by atoms with Crippen LogP contribution in [0.1, 0.15) is 19.7 Å². The van der Waals surface area contributed by atoms with E-state index in [9.17, 15) is 14.5 Å². The van der Waals surface area contributed by atoms with Crippen molar-refractivity contribution in [3.8, 4) is 22.7 Å². The second-order valence-electron chi connectivity index (χ2n) is 7.53. The zero-order valence-corrected chi connectivity index (χ0v) is 18.3. The van der Waals surface area contributed by atoms with Crippen molar-refractivity contribution in [3.05, 3.63) is 76.6 Å². The fourth-order valence-corrected chi connectivity index (χ4v) is 3.97. The molecule has 0 saturated heterocycles. The fraction of sp³-hybridized carbons (Fsp3) is 0.227. The van der Waals surface area contributed by atoms with Crippen molar-refractivity contribution >= 4 is 17.4 Å². The summed E-state index contributed by atoms with van der Waals surface area (Å²) < 4.78 is 21.2. The van der Waals surface area contributed by atoms with E-state index in [2.05, 4.69) is 33.6 Å². The lowest BCUT2D eigenvalue weighted by Gasteiger charge is -2.14. The number of aromatic nitrogens is 4. The van der Waals surface area contributed by atoms with Crippen molar-refractivity contribution in [2.75, 3.05) is 0 Å². The molecule has 0 aliphatic rings. The second-order valence-corrected chi connectivity index (χ2v) is 8.47. The number of nitro benzene ring substituents is 1. The van der Waals surface area contributed by atoms with Crippen molar-refractivity contribution in [1.29, 1.82) is 0 Å². The van der Waals surface area contributed by atoms with Gasteiger partial charge in [-0.2, -0.15) is 0 Å². The number of benzene rings is 2. The molecule has 0 aliphatic heterocycles. The van der Waals surface area contributed by atoms with Gasteiger partial charge in [0.1, 0.15) is 5.82 Å². The first-order valence-electron chi connectivity index (χ1n) is 9.92. The van der Waals surface area contributed by atoms with Gasteiger partial charge in [-0.05, 0) is 47.9 Å². The Bertz CT molecular complexity index is 1220. The third-order valence-electron chi connectivity index (χ3n) is 4.62. The zero-order chi connectivity index (χ0) is 22.7. The minimum atomic E-state index is -0.459. The zero-order valence-electron chi connectivity index (χ0n) is 17.4. The molecule has 2 aromatic heterocycles. The van der Waals surface area contributed by atoms with Crippen molar-refractivity contribution in [2.45, 2.75) is 31.3 Å². The Labute approximate surface area is 187 Å². The van der Waals surface area contributed by atoms with E-state index in [1.807, 2.05) is 0 Å². The van der Waals surface area contributed by atoms with Crippen LogP contribution in [-0.4, -0.2) is 24.7 Å². The summed E-state index contributed by atoms with van der Waals surface area (Å²) >= 11 is 1.47. The van der Waals surface area contributed by atoms with Crippen molar-refractivity contribution in [1.82, 2.24) is 19.7 Å². The lowest BCUT2D eigenvalue weighted by molar-refractivity contribution is -0.384. The van der Waals surface area contributed by atoms with Gasteiger partial charge < -0.3 is 8.98 Å². The summed E-state index contributed by atoms with van der Waals surface area (Å²) in [5.74, 6) is 1.25. The summed E-state index contributed by atoms with van der Waals surface area (Å²) in [6, 6.07) is 12.3. The number of non-ortho nitro benzene ring substituents is 1. The number of nitro groups is 1. The highest BCUT2D eigenvalue weighted by Crippen LogP contribution is 2.30. The summed E-state index contributed by atoms with van der Waals surface area (Å²) in [7, 11) is 0. The van der Waals surface area contributed by atoms with E-state index in [0.29, 0.717) is 29.0 Å². The molecule has 0 N–H and O–H groups in total. The SMILES string of the molecule is CC(C)Cn1c(-c2ccc(F)cc2)cnc1SCc1nnc(-c2ccc([N+](=O)[O-])cc2)o1. The fourth-order valence-electron chi connectivity index (χ4n) is 3.15. The average Bonchev–Trinajstić information content (AvgIpc) is 3.40. The van der Waals surface area contributed by atoms with Gasteiger partial charge in [0, 0.05) is 24.2 Å². The van der Waals surface area contributed by atoms with Gasteiger partial charge in [-0.3, -0.25) is 10.1 Å². The van der Waals surface area contributed by atoms with Gasteiger partial charge in [0.2, 0.25) is 11.8 Å². The molecule has 2 heterocycles. The van der Waals surface area contributed by atoms with E-state index in [0.717, 1.165) is 23.0 Å². The Morgan fingerprint density at radius 2 is 1.78 bits per heavy atom. The van der Waals surface area contributed by atoms with Crippen LogP contribution in [0.25, 0.3) is 22.7 Å². The molecule has 32 heavy (non-hydrogen) atoms. The summed E-state index contributed by atoms with van der Waals surface area (Å²) in [5, 5.41) is 19.7. The van der Waals surface area contributed by atoms with Crippen molar-refractivity contribution in [3.63, 3.8) is 0 Å². The molecule has 8 nitrogen and oxygen atoms in total. The van der Waals surface area contributed by atoms with Gasteiger partial charge in [0.15, 0.2) is 5.16 Å². The Morgan fingerprint density at radius 3 is 2.44 bits per heavy atom. The third kappa shape index (κ3) is 4.86. The molecule has 4 aromatic rings. The Kier molecular flexibility index (Phi) is 6.31. The second kappa shape index (κ2) is 9.31. The number of hydrogen-bond donors (Lipinski definition) is 0. The first-order chi connectivity index (χ1) is 15.4. The average molecular weight is 453 g/mol. The molecule has 0 aliphatic carbocycles. The predicted octanol–water partition coefficient (Wildman–Crippen LogP) is 5.60. The van der Waals surface area contributed by atoms with Gasteiger partial charge in [0.05, 0.1) is 22.6 Å². The van der Waals surface area contributed by atoms with Crippen LogP contribution in [0.3, 0.4) is 0 Å². The maximum absolute atomic E-state index is 13.3. The van der Waals surface area contributed by atoms with E-state index < -0.39 is 4.92 Å². The normalized spacial score (nSPS) is 11.2. The first kappa shape index (κ1) is 21.7. The van der Waals surface area contributed by atoms with Crippen LogP contribution in [0.5, 0.6) is 0 Å². The Balaban J connectivity index is 1.51. The van der Waals surface area contributed by atoms with Crippen LogP contribution >= 0.6 is 11.8 Å². The number of thioether (sulfide) groups is 1. The largest absolute Gasteiger partial charge is 0.420 e. The van der Waals surface area contributed by atoms with E-state index in [1.165, 1.54) is 36.0 Å². The van der Waals surface area contributed by atoms with Gasteiger partial charge in [-0.25, -0.2) is 9.37 Å². The van der Waals surface area contributed by atoms with Crippen LogP contribution in [0, 0.1) is 21.8 Å². The maximum Gasteiger partial charge on any atom is 0.269 e. The van der Waals surface area contributed by atoms with Crippen LogP contribution in [0.4, 0.5) is 10.1 Å². The monoisotopic (exact) mass is 453 g/mol. The molecule has 0 fully saturated rings. The smallest absolute Gasteiger partial charge is 0.269 e. The summed E-state index contributed by atoms with van der Waals surface area (Å²) in [4.78, 5) is 14.9. The highest BCUT2D eigenvalue weighted by molar-refractivity contribution is 7.98. The molecule has 0 spiro atoms. The molecule has 0 bridgehead atoms. The standard InChI is InChI=1S/C22H20FN5O3S/c1-14(2)12-27-19(15-3-7-17(23)8-4-15)11-24-22(27)32-13-20-25-26-21(31-20)16-5-9-18(10-6-16)28(29)30/h3-11,14H,12-13H2,1-2H3. The highest BCUT2D eigenvalue weighted by atomic mass is 32.2. The summed E-state index contributed by atoms with van der Waals surface area (Å²) in [6.07, 6.45) is 1.79. The molecule has 0 radical (unpaired) electrons. The van der Waals surface area contributed by atoms with Crippen LogP contribution in [-0.2, 0) is 12.3 Å². The number of rotatable bonds is 8. The maximum atomic E-state index is 13.3. The molecule has 2 aromatic carbocycles. The predicted molar refractivity (Wildman–Crippen MR) is 118 cm³/mol. The summed E-state index contributed by atoms with van der Waals surface area (Å²) in [6.45, 7) is 5.00. The Hall–Kier alpha value is -3.53. The first-order valence-corrected chi connectivity index (χ1v) is 10.9. The number of halogens is 1. The molecule has 0 amide bonds. The van der Waals surface area contributed by atoms with Gasteiger partial charge >= 0.3 is 0 Å². The molecule has 4 rings (SSSR count). The highest BCUT2D eigenvalue weighted by Gasteiger charge is 2.16. The number of hydrogen-bond acceptors (Lipinski definition) is 7. The van der Waals surface area contributed by atoms with Crippen molar-refractivity contribution < 1.29 is 13.7 Å². The van der Waals surface area contributed by atoms with E-state index in [-0.39, 0.29) is 11.5 Å². The van der Waals surface area contributed by atoms with Gasteiger partial charge in [0.25, 0.3) is 5.69 Å². The minimum absolute atomic E-state index is 0.00186. The molecule has 164 valence electrons. The quantitative estimate of drug-likeness (QED) is 0.195. The van der Waals surface area contributed by atoms with Crippen LogP contribution < -0.4 is 0 Å². The van der Waals surface area contributed by atoms with Crippen LogP contribution in [0.15, 0.2) is 64.3 Å². The number of imidazole rings is 1. The van der Waals surface area contributed by atoms with Gasteiger partial charge in [-0.1, -0.05) is 25.6 Å². The van der Waals surface area contributed by atoms with E-state index in [1.54, 1.807) is 30.5 Å². The van der Waals surface area contributed by atoms with Crippen molar-refractivity contribution in [2.24, 2.45) is 5.92 Å². The van der Waals surface area contributed by atoms with Crippen LogP contribution in [0.2, 0.25) is 0 Å². The van der Waals surface area contributed by atoms with Gasteiger partial charge in [-0.15, -0.1) is 10.2 Å². The molecule has 0 atom stereocenters. The molecule has 10 heteroatoms. The lowest BCUT2D eigenvalue weighted by atomic mass is 10.1.